The van der Waals surface area contributed by atoms with E-state index in [0.717, 1.165) is 11.1 Å². The van der Waals surface area contributed by atoms with Crippen molar-refractivity contribution in [2.24, 2.45) is 0 Å². The van der Waals surface area contributed by atoms with Crippen LogP contribution in [-0.2, 0) is 27.2 Å². The van der Waals surface area contributed by atoms with Crippen LogP contribution in [0.1, 0.15) is 28.4 Å². The average molecular weight is 396 g/mol. The highest BCUT2D eigenvalue weighted by atomic mass is 16.7. The van der Waals surface area contributed by atoms with E-state index in [-0.39, 0.29) is 31.1 Å². The molecule has 1 saturated heterocycles. The van der Waals surface area contributed by atoms with Crippen molar-refractivity contribution < 1.29 is 44.2 Å². The number of rotatable bonds is 6. The number of phenols is 1. The number of phenolic OH excluding ortho intramolecular Hbond substituents is 1. The van der Waals surface area contributed by atoms with Gasteiger partial charge in [0.2, 0.25) is 0 Å². The van der Waals surface area contributed by atoms with Gasteiger partial charge in [-0.1, -0.05) is 11.6 Å². The Hall–Kier alpha value is -2.17. The Bertz CT molecular complexity index is 773. The molecule has 2 heterocycles. The van der Waals surface area contributed by atoms with Gasteiger partial charge in [-0.3, -0.25) is 0 Å². The summed E-state index contributed by atoms with van der Waals surface area (Å²) in [6, 6.07) is 1.39. The lowest BCUT2D eigenvalue weighted by Gasteiger charge is -2.34. The molecule has 1 aromatic carbocycles. The van der Waals surface area contributed by atoms with Gasteiger partial charge in [0.15, 0.2) is 6.29 Å². The molecule has 1 fully saturated rings. The first-order valence-corrected chi connectivity index (χ1v) is 8.85. The fourth-order valence-electron chi connectivity index (χ4n) is 3.22. The van der Waals surface area contributed by atoms with Crippen LogP contribution in [0.3, 0.4) is 0 Å². The molecule has 0 saturated carbocycles. The molecule has 4 N–H and O–H groups in total. The standard InChI is InChI=1S/C19H24O9/c1-9(6-27-19-17(23)16(22)13(21)8-28-19)3-4-10-11-7-26-18(24)15(11)12(20)5-14(10)25-2/h3,5,13,16-17,19-23H,4,6-8H2,1-2H3/t13-,16+,17+,19+/m1/s1. The molecule has 9 heteroatoms. The molecule has 2 aliphatic heterocycles. The summed E-state index contributed by atoms with van der Waals surface area (Å²) in [6.45, 7) is 1.88. The number of benzene rings is 1. The monoisotopic (exact) mass is 396 g/mol. The van der Waals surface area contributed by atoms with Gasteiger partial charge in [-0.15, -0.1) is 0 Å². The lowest BCUT2D eigenvalue weighted by molar-refractivity contribution is -0.267. The number of aromatic hydroxyl groups is 1. The molecular formula is C19H24O9. The predicted octanol–water partition coefficient (Wildman–Crippen LogP) is 0.0156. The first-order chi connectivity index (χ1) is 13.3. The van der Waals surface area contributed by atoms with Gasteiger partial charge >= 0.3 is 5.97 Å². The number of hydrogen-bond acceptors (Lipinski definition) is 9. The molecular weight excluding hydrogens is 372 g/mol. The zero-order valence-corrected chi connectivity index (χ0v) is 15.6. The summed E-state index contributed by atoms with van der Waals surface area (Å²) in [7, 11) is 1.48. The molecule has 1 aromatic rings. The van der Waals surface area contributed by atoms with Crippen molar-refractivity contribution in [1.82, 2.24) is 0 Å². The SMILES string of the molecule is COc1cc(O)c2c(c1CC=C(C)CO[C@H]1OC[C@@H](O)[C@H](O)[C@@H]1O)COC2=O. The van der Waals surface area contributed by atoms with Crippen LogP contribution in [0.4, 0.5) is 0 Å². The summed E-state index contributed by atoms with van der Waals surface area (Å²) in [4.78, 5) is 11.8. The molecule has 0 aliphatic carbocycles. The Balaban J connectivity index is 1.68. The van der Waals surface area contributed by atoms with Gasteiger partial charge in [-0.05, 0) is 13.3 Å². The average Bonchev–Trinajstić information content (AvgIpc) is 3.06. The van der Waals surface area contributed by atoms with Crippen molar-refractivity contribution >= 4 is 5.97 Å². The van der Waals surface area contributed by atoms with E-state index < -0.39 is 30.6 Å². The highest BCUT2D eigenvalue weighted by Gasteiger charge is 2.38. The maximum Gasteiger partial charge on any atom is 0.342 e. The van der Waals surface area contributed by atoms with Crippen molar-refractivity contribution in [3.8, 4) is 11.5 Å². The first kappa shape index (κ1) is 20.6. The van der Waals surface area contributed by atoms with Crippen molar-refractivity contribution in [3.05, 3.63) is 34.4 Å². The number of methoxy groups -OCH3 is 1. The van der Waals surface area contributed by atoms with Crippen molar-refractivity contribution in [3.63, 3.8) is 0 Å². The number of aliphatic hydroxyl groups excluding tert-OH is 3. The Kier molecular flexibility index (Phi) is 6.21. The molecule has 0 spiro atoms. The fraction of sp³-hybridized carbons (Fsp3) is 0.526. The number of aliphatic hydroxyl groups is 3. The number of fused-ring (bicyclic) bond motifs is 1. The summed E-state index contributed by atoms with van der Waals surface area (Å²) in [5.41, 5.74) is 2.29. The molecule has 0 radical (unpaired) electrons. The number of allylic oxidation sites excluding steroid dienone is 1. The van der Waals surface area contributed by atoms with Crippen molar-refractivity contribution in [2.75, 3.05) is 20.3 Å². The summed E-state index contributed by atoms with van der Waals surface area (Å²) < 4.78 is 21.0. The maximum atomic E-state index is 11.8. The smallest absolute Gasteiger partial charge is 0.342 e. The van der Waals surface area contributed by atoms with Crippen LogP contribution in [0.15, 0.2) is 17.7 Å². The third-order valence-corrected chi connectivity index (χ3v) is 4.84. The maximum absolute atomic E-state index is 11.8. The van der Waals surface area contributed by atoms with Gasteiger partial charge in [-0.2, -0.15) is 0 Å². The molecule has 2 aliphatic rings. The van der Waals surface area contributed by atoms with Crippen molar-refractivity contribution in [2.45, 2.75) is 44.6 Å². The van der Waals surface area contributed by atoms with Crippen LogP contribution in [-0.4, -0.2) is 71.3 Å². The Morgan fingerprint density at radius 3 is 2.79 bits per heavy atom. The molecule has 0 bridgehead atoms. The summed E-state index contributed by atoms with van der Waals surface area (Å²) in [6.07, 6.45) is -2.60. The Labute approximate surface area is 161 Å². The molecule has 28 heavy (non-hydrogen) atoms. The summed E-state index contributed by atoms with van der Waals surface area (Å²) in [5.74, 6) is -0.293. The van der Waals surface area contributed by atoms with Crippen molar-refractivity contribution in [1.29, 1.82) is 0 Å². The van der Waals surface area contributed by atoms with Gasteiger partial charge in [-0.25, -0.2) is 4.79 Å². The topological polar surface area (TPSA) is 135 Å². The number of esters is 1. The van der Waals surface area contributed by atoms with Gasteiger partial charge in [0, 0.05) is 17.2 Å². The largest absolute Gasteiger partial charge is 0.507 e. The second-order valence-electron chi connectivity index (χ2n) is 6.82. The quantitative estimate of drug-likeness (QED) is 0.387. The van der Waals surface area contributed by atoms with E-state index in [1.54, 1.807) is 0 Å². The van der Waals surface area contributed by atoms with Crippen LogP contribution in [0, 0.1) is 0 Å². The first-order valence-electron chi connectivity index (χ1n) is 8.85. The second-order valence-corrected chi connectivity index (χ2v) is 6.82. The predicted molar refractivity (Wildman–Crippen MR) is 95.0 cm³/mol. The molecule has 9 nitrogen and oxygen atoms in total. The Morgan fingerprint density at radius 1 is 1.32 bits per heavy atom. The number of cyclic esters (lactones) is 1. The minimum atomic E-state index is -1.35. The van der Waals surface area contributed by atoms with E-state index in [0.29, 0.717) is 17.7 Å². The zero-order valence-electron chi connectivity index (χ0n) is 15.6. The van der Waals surface area contributed by atoms with E-state index >= 15 is 0 Å². The minimum Gasteiger partial charge on any atom is -0.507 e. The third-order valence-electron chi connectivity index (χ3n) is 4.84. The van der Waals surface area contributed by atoms with E-state index in [4.69, 9.17) is 18.9 Å². The summed E-state index contributed by atoms with van der Waals surface area (Å²) in [5, 5.41) is 39.0. The molecule has 154 valence electrons. The van der Waals surface area contributed by atoms with Gasteiger partial charge < -0.3 is 39.4 Å². The normalized spacial score (nSPS) is 27.5. The molecule has 0 aromatic heterocycles. The van der Waals surface area contributed by atoms with Crippen LogP contribution in [0.5, 0.6) is 11.5 Å². The molecule has 4 atom stereocenters. The number of hydrogen-bond donors (Lipinski definition) is 4. The van der Waals surface area contributed by atoms with Crippen LogP contribution < -0.4 is 4.74 Å². The zero-order chi connectivity index (χ0) is 20.4. The number of carbonyl (C=O) groups is 1. The van der Waals surface area contributed by atoms with E-state index in [1.807, 2.05) is 13.0 Å². The van der Waals surface area contributed by atoms with Crippen LogP contribution in [0.25, 0.3) is 0 Å². The fourth-order valence-corrected chi connectivity index (χ4v) is 3.22. The minimum absolute atomic E-state index is 0.0694. The Morgan fingerprint density at radius 2 is 2.07 bits per heavy atom. The highest BCUT2D eigenvalue weighted by Crippen LogP contribution is 2.38. The highest BCUT2D eigenvalue weighted by molar-refractivity contribution is 5.97. The van der Waals surface area contributed by atoms with Gasteiger partial charge in [0.1, 0.15) is 42.0 Å². The molecule has 0 unspecified atom stereocenters. The van der Waals surface area contributed by atoms with E-state index in [1.165, 1.54) is 13.2 Å². The lowest BCUT2D eigenvalue weighted by atomic mass is 9.97. The summed E-state index contributed by atoms with van der Waals surface area (Å²) >= 11 is 0. The van der Waals surface area contributed by atoms with E-state index in [9.17, 15) is 25.2 Å². The van der Waals surface area contributed by atoms with Gasteiger partial charge in [0.05, 0.1) is 20.3 Å². The second kappa shape index (κ2) is 8.46. The van der Waals surface area contributed by atoms with Gasteiger partial charge in [0.25, 0.3) is 0 Å². The third kappa shape index (κ3) is 3.98. The van der Waals surface area contributed by atoms with E-state index in [2.05, 4.69) is 0 Å². The number of carbonyl (C=O) groups excluding carboxylic acids is 1. The molecule has 3 rings (SSSR count). The molecule has 0 amide bonds. The lowest BCUT2D eigenvalue weighted by Crippen LogP contribution is -2.53. The number of ether oxygens (including phenoxy) is 4. The van der Waals surface area contributed by atoms with Crippen LogP contribution >= 0.6 is 0 Å². The van der Waals surface area contributed by atoms with Crippen LogP contribution in [0.2, 0.25) is 0 Å².